The second kappa shape index (κ2) is 10.7. The Labute approximate surface area is 200 Å². The lowest BCUT2D eigenvalue weighted by molar-refractivity contribution is -0.113. The average molecular weight is 465 g/mol. The Morgan fingerprint density at radius 2 is 1.88 bits per heavy atom. The number of thioether (sulfide) groups is 1. The third kappa shape index (κ3) is 6.71. The van der Waals surface area contributed by atoms with Gasteiger partial charge in [0.05, 0.1) is 5.75 Å². The van der Waals surface area contributed by atoms with E-state index in [1.54, 1.807) is 6.08 Å². The fraction of sp³-hybridized carbons (Fsp3) is 0.346. The van der Waals surface area contributed by atoms with Gasteiger partial charge in [0.1, 0.15) is 12.4 Å². The molecule has 6 nitrogen and oxygen atoms in total. The predicted octanol–water partition coefficient (Wildman–Crippen LogP) is 5.69. The molecule has 0 aliphatic heterocycles. The molecule has 0 radical (unpaired) electrons. The van der Waals surface area contributed by atoms with Gasteiger partial charge in [0, 0.05) is 12.2 Å². The first-order valence-corrected chi connectivity index (χ1v) is 11.9. The first-order chi connectivity index (χ1) is 15.7. The third-order valence-corrected chi connectivity index (χ3v) is 6.16. The molecule has 2 aromatic carbocycles. The normalized spacial score (nSPS) is 11.3. The second-order valence-corrected chi connectivity index (χ2v) is 9.96. The Balaban J connectivity index is 1.62. The maximum absolute atomic E-state index is 12.5. The molecule has 174 valence electrons. The summed E-state index contributed by atoms with van der Waals surface area (Å²) in [5.41, 5.74) is 4.32. The molecule has 0 saturated carbocycles. The summed E-state index contributed by atoms with van der Waals surface area (Å²) in [5.74, 6) is 1.61. The van der Waals surface area contributed by atoms with Gasteiger partial charge in [-0.15, -0.1) is 16.8 Å². The van der Waals surface area contributed by atoms with Crippen molar-refractivity contribution >= 4 is 23.4 Å². The molecule has 0 spiro atoms. The number of carbonyl (C=O) groups excluding carboxylic acids is 1. The molecule has 7 heteroatoms. The number of anilines is 1. The van der Waals surface area contributed by atoms with Gasteiger partial charge in [0.2, 0.25) is 5.91 Å². The van der Waals surface area contributed by atoms with Crippen LogP contribution in [-0.4, -0.2) is 26.4 Å². The highest BCUT2D eigenvalue weighted by molar-refractivity contribution is 7.99. The van der Waals surface area contributed by atoms with E-state index in [9.17, 15) is 4.79 Å². The zero-order chi connectivity index (χ0) is 24.0. The maximum Gasteiger partial charge on any atom is 0.234 e. The Hall–Kier alpha value is -3.06. The number of aryl methyl sites for hydroxylation is 2. The topological polar surface area (TPSA) is 69.0 Å². The van der Waals surface area contributed by atoms with Crippen LogP contribution in [0.5, 0.6) is 5.75 Å². The van der Waals surface area contributed by atoms with Crippen molar-refractivity contribution in [1.82, 2.24) is 14.8 Å². The van der Waals surface area contributed by atoms with Crippen LogP contribution >= 0.6 is 11.8 Å². The van der Waals surface area contributed by atoms with Gasteiger partial charge < -0.3 is 10.1 Å². The zero-order valence-corrected chi connectivity index (χ0v) is 20.8. The Morgan fingerprint density at radius 3 is 2.55 bits per heavy atom. The van der Waals surface area contributed by atoms with Crippen molar-refractivity contribution in [2.45, 2.75) is 58.3 Å². The summed E-state index contributed by atoms with van der Waals surface area (Å²) >= 11 is 1.35. The van der Waals surface area contributed by atoms with E-state index < -0.39 is 0 Å². The van der Waals surface area contributed by atoms with Gasteiger partial charge in [-0.25, -0.2) is 0 Å². The van der Waals surface area contributed by atoms with Gasteiger partial charge in [-0.05, 0) is 54.2 Å². The van der Waals surface area contributed by atoms with Gasteiger partial charge in [-0.2, -0.15) is 0 Å². The molecule has 33 heavy (non-hydrogen) atoms. The molecule has 0 atom stereocenters. The molecule has 0 aliphatic rings. The monoisotopic (exact) mass is 464 g/mol. The van der Waals surface area contributed by atoms with E-state index in [2.05, 4.69) is 55.0 Å². The zero-order valence-electron chi connectivity index (χ0n) is 20.0. The van der Waals surface area contributed by atoms with Crippen molar-refractivity contribution in [2.24, 2.45) is 0 Å². The van der Waals surface area contributed by atoms with Crippen molar-refractivity contribution in [2.75, 3.05) is 11.1 Å². The Morgan fingerprint density at radius 1 is 1.15 bits per heavy atom. The number of hydrogen-bond donors (Lipinski definition) is 1. The molecule has 0 unspecified atom stereocenters. The molecule has 0 fully saturated rings. The highest BCUT2D eigenvalue weighted by Gasteiger charge is 2.16. The van der Waals surface area contributed by atoms with Gasteiger partial charge in [0.25, 0.3) is 0 Å². The molecule has 3 aromatic rings. The largest absolute Gasteiger partial charge is 0.486 e. The third-order valence-electron chi connectivity index (χ3n) is 5.19. The highest BCUT2D eigenvalue weighted by Crippen LogP contribution is 2.25. The molecular formula is C26H32N4O2S. The molecule has 0 saturated heterocycles. The summed E-state index contributed by atoms with van der Waals surface area (Å²) in [7, 11) is 0. The van der Waals surface area contributed by atoms with Crippen molar-refractivity contribution in [3.63, 3.8) is 0 Å². The van der Waals surface area contributed by atoms with Crippen molar-refractivity contribution < 1.29 is 9.53 Å². The van der Waals surface area contributed by atoms with E-state index in [1.807, 2.05) is 48.7 Å². The number of carbonyl (C=O) groups is 1. The van der Waals surface area contributed by atoms with Crippen LogP contribution in [0.3, 0.4) is 0 Å². The van der Waals surface area contributed by atoms with Crippen molar-refractivity contribution in [1.29, 1.82) is 0 Å². The van der Waals surface area contributed by atoms with Crippen LogP contribution in [0.15, 0.2) is 60.3 Å². The van der Waals surface area contributed by atoms with E-state index in [0.717, 1.165) is 22.6 Å². The Bertz CT molecular complexity index is 1110. The minimum absolute atomic E-state index is 0.0846. The van der Waals surface area contributed by atoms with E-state index in [1.165, 1.54) is 17.3 Å². The van der Waals surface area contributed by atoms with Crippen LogP contribution in [0, 0.1) is 13.8 Å². The molecule has 0 bridgehead atoms. The first kappa shape index (κ1) is 24.6. The number of amides is 1. The SMILES string of the molecule is C=CCn1c(COc2ccc(C(C)(C)C)cc2)nnc1SCC(=O)Nc1cc(C)ccc1C. The predicted molar refractivity (Wildman–Crippen MR) is 135 cm³/mol. The number of rotatable bonds is 9. The standard InChI is InChI=1S/C26H32N4O2S/c1-7-14-30-23(16-32-21-12-10-20(11-13-21)26(4,5)6)28-29-25(30)33-17-24(31)27-22-15-18(2)8-9-19(22)3/h7-13,15H,1,14,16-17H2,2-6H3,(H,27,31). The Kier molecular flexibility index (Phi) is 7.97. The summed E-state index contributed by atoms with van der Waals surface area (Å²) in [5, 5.41) is 12.2. The molecule has 1 N–H and O–H groups in total. The average Bonchev–Trinajstić information content (AvgIpc) is 3.15. The van der Waals surface area contributed by atoms with Gasteiger partial charge in [-0.1, -0.05) is 62.9 Å². The summed E-state index contributed by atoms with van der Waals surface area (Å²) < 4.78 is 7.87. The molecular weight excluding hydrogens is 432 g/mol. The smallest absolute Gasteiger partial charge is 0.234 e. The summed E-state index contributed by atoms with van der Waals surface area (Å²) in [6, 6.07) is 14.1. The van der Waals surface area contributed by atoms with E-state index >= 15 is 0 Å². The number of aromatic nitrogens is 3. The number of ether oxygens (including phenoxy) is 1. The summed E-state index contributed by atoms with van der Waals surface area (Å²) in [4.78, 5) is 12.5. The van der Waals surface area contributed by atoms with E-state index in [-0.39, 0.29) is 23.7 Å². The maximum atomic E-state index is 12.5. The number of allylic oxidation sites excluding steroid dienone is 1. The minimum Gasteiger partial charge on any atom is -0.486 e. The van der Waals surface area contributed by atoms with Gasteiger partial charge >= 0.3 is 0 Å². The lowest BCUT2D eigenvalue weighted by atomic mass is 9.87. The van der Waals surface area contributed by atoms with E-state index in [4.69, 9.17) is 4.74 Å². The number of hydrogen-bond acceptors (Lipinski definition) is 5. The van der Waals surface area contributed by atoms with Gasteiger partial charge in [0.15, 0.2) is 11.0 Å². The highest BCUT2D eigenvalue weighted by atomic mass is 32.2. The number of benzene rings is 2. The molecule has 3 rings (SSSR count). The second-order valence-electron chi connectivity index (χ2n) is 9.02. The quantitative estimate of drug-likeness (QED) is 0.325. The van der Waals surface area contributed by atoms with Crippen LogP contribution in [0.25, 0.3) is 0 Å². The van der Waals surface area contributed by atoms with Crippen molar-refractivity contribution in [3.8, 4) is 5.75 Å². The number of nitrogens with zero attached hydrogens (tertiary/aromatic N) is 3. The molecule has 1 aromatic heterocycles. The van der Waals surface area contributed by atoms with Crippen LogP contribution < -0.4 is 10.1 Å². The van der Waals surface area contributed by atoms with Crippen molar-refractivity contribution in [3.05, 3.63) is 77.6 Å². The molecule has 0 aliphatic carbocycles. The lowest BCUT2D eigenvalue weighted by Gasteiger charge is -2.19. The van der Waals surface area contributed by atoms with E-state index in [0.29, 0.717) is 17.5 Å². The molecule has 1 amide bonds. The lowest BCUT2D eigenvalue weighted by Crippen LogP contribution is -2.15. The summed E-state index contributed by atoms with van der Waals surface area (Å²) in [6.45, 7) is 15.2. The van der Waals surface area contributed by atoms with Crippen LogP contribution in [0.1, 0.15) is 43.3 Å². The minimum atomic E-state index is -0.0846. The molecule has 1 heterocycles. The number of nitrogens with one attached hydrogen (secondary N) is 1. The van der Waals surface area contributed by atoms with Crippen LogP contribution in [0.4, 0.5) is 5.69 Å². The van der Waals surface area contributed by atoms with Crippen LogP contribution in [-0.2, 0) is 23.4 Å². The van der Waals surface area contributed by atoms with Gasteiger partial charge in [-0.3, -0.25) is 9.36 Å². The summed E-state index contributed by atoms with van der Waals surface area (Å²) in [6.07, 6.45) is 1.78. The first-order valence-electron chi connectivity index (χ1n) is 10.9. The van der Waals surface area contributed by atoms with Crippen LogP contribution in [0.2, 0.25) is 0 Å². The fourth-order valence-electron chi connectivity index (χ4n) is 3.23. The fourth-order valence-corrected chi connectivity index (χ4v) is 4.00.